The summed E-state index contributed by atoms with van der Waals surface area (Å²) in [5, 5.41) is 11.3. The molecule has 0 rings (SSSR count). The highest BCUT2D eigenvalue weighted by atomic mass is 16.2. The number of carbonyl (C=O) groups excluding carboxylic acids is 4. The lowest BCUT2D eigenvalue weighted by Crippen LogP contribution is -2.49. The molecule has 198 valence electrons. The average molecular weight is 486 g/mol. The van der Waals surface area contributed by atoms with Crippen LogP contribution in [0.1, 0.15) is 52.9 Å². The van der Waals surface area contributed by atoms with Crippen LogP contribution in [0, 0.1) is 0 Å². The third-order valence-corrected chi connectivity index (χ3v) is 4.90. The second kappa shape index (κ2) is 21.3. The zero-order chi connectivity index (χ0) is 25.6. The first kappa shape index (κ1) is 31.8. The second-order valence-corrected chi connectivity index (χ2v) is 8.32. The molecular formula is C23H47N7O4. The minimum atomic E-state index is -0.193. The van der Waals surface area contributed by atoms with Crippen LogP contribution in [0.25, 0.3) is 0 Å². The highest BCUT2D eigenvalue weighted by Crippen LogP contribution is 1.96. The van der Waals surface area contributed by atoms with E-state index in [4.69, 9.17) is 5.73 Å². The maximum absolute atomic E-state index is 12.4. The fourth-order valence-electron chi connectivity index (χ4n) is 3.01. The van der Waals surface area contributed by atoms with Gasteiger partial charge in [0.05, 0.1) is 26.2 Å². The Kier molecular flexibility index (Phi) is 19.9. The van der Waals surface area contributed by atoms with Crippen molar-refractivity contribution in [1.82, 2.24) is 31.1 Å². The van der Waals surface area contributed by atoms with E-state index in [9.17, 15) is 19.2 Å². The number of amides is 4. The SMILES string of the molecule is CCCCNC(=O)CN(CCN(CC(=O)NCCC)CC(=O)NCCCN)CC(=O)NCCC. The van der Waals surface area contributed by atoms with E-state index in [0.29, 0.717) is 52.2 Å². The molecule has 0 aliphatic rings. The molecule has 0 saturated heterocycles. The van der Waals surface area contributed by atoms with Crippen molar-refractivity contribution in [3.63, 3.8) is 0 Å². The highest BCUT2D eigenvalue weighted by Gasteiger charge is 2.19. The zero-order valence-electron chi connectivity index (χ0n) is 21.4. The molecule has 0 saturated carbocycles. The molecule has 0 aromatic rings. The fraction of sp³-hybridized carbons (Fsp3) is 0.826. The Morgan fingerprint density at radius 3 is 1.24 bits per heavy atom. The number of nitrogens with one attached hydrogen (secondary N) is 4. The average Bonchev–Trinajstić information content (AvgIpc) is 2.80. The summed E-state index contributed by atoms with van der Waals surface area (Å²) in [6.45, 7) is 9.64. The van der Waals surface area contributed by atoms with E-state index >= 15 is 0 Å². The Bertz CT molecular complexity index is 540. The van der Waals surface area contributed by atoms with Crippen LogP contribution in [0.3, 0.4) is 0 Å². The summed E-state index contributed by atoms with van der Waals surface area (Å²) < 4.78 is 0. The van der Waals surface area contributed by atoms with E-state index in [1.807, 2.05) is 20.8 Å². The van der Waals surface area contributed by atoms with Crippen molar-refractivity contribution in [1.29, 1.82) is 0 Å². The Labute approximate surface area is 204 Å². The van der Waals surface area contributed by atoms with Gasteiger partial charge in [0.1, 0.15) is 0 Å². The van der Waals surface area contributed by atoms with Crippen molar-refractivity contribution in [2.45, 2.75) is 52.9 Å². The van der Waals surface area contributed by atoms with Gasteiger partial charge in [-0.1, -0.05) is 27.2 Å². The van der Waals surface area contributed by atoms with Gasteiger partial charge in [0.25, 0.3) is 0 Å². The molecule has 0 aliphatic heterocycles. The van der Waals surface area contributed by atoms with E-state index in [2.05, 4.69) is 21.3 Å². The Morgan fingerprint density at radius 1 is 0.559 bits per heavy atom. The van der Waals surface area contributed by atoms with Crippen LogP contribution in [-0.4, -0.2) is 105 Å². The zero-order valence-corrected chi connectivity index (χ0v) is 21.4. The number of nitrogens with two attached hydrogens (primary N) is 1. The molecule has 0 fully saturated rings. The molecule has 0 bridgehead atoms. The van der Waals surface area contributed by atoms with E-state index in [1.165, 1.54) is 0 Å². The maximum atomic E-state index is 12.4. The van der Waals surface area contributed by atoms with E-state index < -0.39 is 0 Å². The van der Waals surface area contributed by atoms with Crippen molar-refractivity contribution in [2.75, 3.05) is 72.0 Å². The molecule has 0 aromatic carbocycles. The van der Waals surface area contributed by atoms with E-state index in [0.717, 1.165) is 25.7 Å². The van der Waals surface area contributed by atoms with Crippen LogP contribution in [-0.2, 0) is 19.2 Å². The number of unbranched alkanes of at least 4 members (excludes halogenated alkanes) is 1. The molecule has 4 amide bonds. The van der Waals surface area contributed by atoms with E-state index in [-0.39, 0.29) is 49.8 Å². The van der Waals surface area contributed by atoms with Gasteiger partial charge in [-0.3, -0.25) is 29.0 Å². The van der Waals surface area contributed by atoms with Gasteiger partial charge >= 0.3 is 0 Å². The molecule has 0 unspecified atom stereocenters. The largest absolute Gasteiger partial charge is 0.355 e. The molecule has 0 aliphatic carbocycles. The Hall–Kier alpha value is -2.24. The van der Waals surface area contributed by atoms with Crippen LogP contribution >= 0.6 is 0 Å². The minimum absolute atomic E-state index is 0.0443. The third kappa shape index (κ3) is 18.2. The summed E-state index contributed by atoms with van der Waals surface area (Å²) >= 11 is 0. The van der Waals surface area contributed by atoms with Gasteiger partial charge in [0, 0.05) is 39.3 Å². The molecule has 0 spiro atoms. The van der Waals surface area contributed by atoms with Crippen molar-refractivity contribution >= 4 is 23.6 Å². The van der Waals surface area contributed by atoms with Crippen molar-refractivity contribution in [3.8, 4) is 0 Å². The predicted octanol–water partition coefficient (Wildman–Crippen LogP) is -0.976. The van der Waals surface area contributed by atoms with Gasteiger partial charge in [-0.15, -0.1) is 0 Å². The minimum Gasteiger partial charge on any atom is -0.355 e. The summed E-state index contributed by atoms with van der Waals surface area (Å²) in [5.41, 5.74) is 5.47. The van der Waals surface area contributed by atoms with Gasteiger partial charge in [-0.2, -0.15) is 0 Å². The first-order valence-electron chi connectivity index (χ1n) is 12.6. The first-order chi connectivity index (χ1) is 16.4. The summed E-state index contributed by atoms with van der Waals surface area (Å²) in [6.07, 6.45) is 4.19. The van der Waals surface area contributed by atoms with Gasteiger partial charge in [0.15, 0.2) is 0 Å². The molecule has 11 heteroatoms. The van der Waals surface area contributed by atoms with Gasteiger partial charge in [-0.25, -0.2) is 0 Å². The molecule has 0 radical (unpaired) electrons. The topological polar surface area (TPSA) is 149 Å². The summed E-state index contributed by atoms with van der Waals surface area (Å²) in [6, 6.07) is 0. The van der Waals surface area contributed by atoms with Crippen LogP contribution < -0.4 is 27.0 Å². The first-order valence-corrected chi connectivity index (χ1v) is 12.6. The van der Waals surface area contributed by atoms with Crippen molar-refractivity contribution < 1.29 is 19.2 Å². The van der Waals surface area contributed by atoms with Crippen molar-refractivity contribution in [2.24, 2.45) is 5.73 Å². The Morgan fingerprint density at radius 2 is 0.912 bits per heavy atom. The Balaban J connectivity index is 5.09. The van der Waals surface area contributed by atoms with E-state index in [1.54, 1.807) is 9.80 Å². The summed E-state index contributed by atoms with van der Waals surface area (Å²) in [4.78, 5) is 52.7. The monoisotopic (exact) mass is 485 g/mol. The van der Waals surface area contributed by atoms with Crippen LogP contribution in [0.4, 0.5) is 0 Å². The van der Waals surface area contributed by atoms with Crippen molar-refractivity contribution in [3.05, 3.63) is 0 Å². The molecule has 0 atom stereocenters. The lowest BCUT2D eigenvalue weighted by Gasteiger charge is -2.26. The molecule has 34 heavy (non-hydrogen) atoms. The number of hydrogen-bond donors (Lipinski definition) is 5. The van der Waals surface area contributed by atoms with Crippen LogP contribution in [0.15, 0.2) is 0 Å². The summed E-state index contributed by atoms with van der Waals surface area (Å²) in [7, 11) is 0. The normalized spacial score (nSPS) is 10.9. The summed E-state index contributed by atoms with van der Waals surface area (Å²) in [5.74, 6) is -0.666. The number of hydrogen-bond acceptors (Lipinski definition) is 7. The smallest absolute Gasteiger partial charge is 0.234 e. The fourth-order valence-corrected chi connectivity index (χ4v) is 3.01. The molecule has 0 aromatic heterocycles. The number of rotatable bonds is 21. The number of carbonyl (C=O) groups is 4. The lowest BCUT2D eigenvalue weighted by atomic mass is 10.3. The second-order valence-electron chi connectivity index (χ2n) is 8.32. The maximum Gasteiger partial charge on any atom is 0.234 e. The molecule has 11 nitrogen and oxygen atoms in total. The predicted molar refractivity (Wildman–Crippen MR) is 134 cm³/mol. The van der Waals surface area contributed by atoms with Gasteiger partial charge in [0.2, 0.25) is 23.6 Å². The number of nitrogens with zero attached hydrogens (tertiary/aromatic N) is 2. The molecule has 6 N–H and O–H groups in total. The van der Waals surface area contributed by atoms with Crippen LogP contribution in [0.5, 0.6) is 0 Å². The lowest BCUT2D eigenvalue weighted by molar-refractivity contribution is -0.128. The highest BCUT2D eigenvalue weighted by molar-refractivity contribution is 5.82. The quantitative estimate of drug-likeness (QED) is 0.131. The molecule has 0 heterocycles. The third-order valence-electron chi connectivity index (χ3n) is 4.90. The van der Waals surface area contributed by atoms with Gasteiger partial charge in [-0.05, 0) is 32.2 Å². The molecular weight excluding hydrogens is 438 g/mol. The van der Waals surface area contributed by atoms with Gasteiger partial charge < -0.3 is 27.0 Å². The van der Waals surface area contributed by atoms with Crippen LogP contribution in [0.2, 0.25) is 0 Å². The standard InChI is InChI=1S/C23H47N7O4/c1-4-7-12-27-22(33)18-29(16-20(31)25-10-5-2)14-15-30(17-21(32)26-11-6-3)19-23(34)28-13-8-9-24/h4-19,24H2,1-3H3,(H,25,31)(H,26,32)(H,27,33)(H,28,34).